The highest BCUT2D eigenvalue weighted by Gasteiger charge is 2.02. The maximum Gasteiger partial charge on any atom is -0.00741 e. The number of aryl methyl sites for hydroxylation is 2. The van der Waals surface area contributed by atoms with E-state index in [1.165, 1.54) is 22.3 Å². The molecule has 0 aliphatic heterocycles. The third-order valence-electron chi connectivity index (χ3n) is 2.82. The SMILES string of the molecule is Cc1ccc(CCCN)c(C)c1C. The number of rotatable bonds is 3. The summed E-state index contributed by atoms with van der Waals surface area (Å²) in [5, 5.41) is 0. The van der Waals surface area contributed by atoms with Crippen molar-refractivity contribution in [1.82, 2.24) is 0 Å². The van der Waals surface area contributed by atoms with Crippen molar-refractivity contribution >= 4 is 0 Å². The van der Waals surface area contributed by atoms with E-state index in [0.717, 1.165) is 19.4 Å². The van der Waals surface area contributed by atoms with E-state index in [0.29, 0.717) is 0 Å². The molecule has 0 amide bonds. The first-order valence-corrected chi connectivity index (χ1v) is 4.92. The van der Waals surface area contributed by atoms with Gasteiger partial charge in [0.15, 0.2) is 0 Å². The fourth-order valence-electron chi connectivity index (χ4n) is 1.58. The predicted molar refractivity (Wildman–Crippen MR) is 58.0 cm³/mol. The van der Waals surface area contributed by atoms with Crippen molar-refractivity contribution in [1.29, 1.82) is 0 Å². The highest BCUT2D eigenvalue weighted by Crippen LogP contribution is 2.17. The summed E-state index contributed by atoms with van der Waals surface area (Å²) in [4.78, 5) is 0. The molecule has 0 atom stereocenters. The zero-order valence-corrected chi connectivity index (χ0v) is 8.85. The van der Waals surface area contributed by atoms with Crippen LogP contribution in [-0.2, 0) is 6.42 Å². The van der Waals surface area contributed by atoms with Gasteiger partial charge in [0.05, 0.1) is 0 Å². The van der Waals surface area contributed by atoms with Gasteiger partial charge in [0.2, 0.25) is 0 Å². The van der Waals surface area contributed by atoms with Crippen LogP contribution in [0.1, 0.15) is 28.7 Å². The summed E-state index contributed by atoms with van der Waals surface area (Å²) < 4.78 is 0. The topological polar surface area (TPSA) is 26.0 Å². The number of hydrogen-bond donors (Lipinski definition) is 1. The Balaban J connectivity index is 2.90. The highest BCUT2D eigenvalue weighted by atomic mass is 14.5. The Hall–Kier alpha value is -0.820. The fourth-order valence-corrected chi connectivity index (χ4v) is 1.58. The van der Waals surface area contributed by atoms with E-state index in [2.05, 4.69) is 32.9 Å². The maximum absolute atomic E-state index is 5.49. The molecule has 1 nitrogen and oxygen atoms in total. The second-order valence-corrected chi connectivity index (χ2v) is 3.68. The van der Waals surface area contributed by atoms with Crippen molar-refractivity contribution in [3.8, 4) is 0 Å². The van der Waals surface area contributed by atoms with Gasteiger partial charge in [0.1, 0.15) is 0 Å². The van der Waals surface area contributed by atoms with Gasteiger partial charge in [-0.05, 0) is 62.4 Å². The van der Waals surface area contributed by atoms with Crippen LogP contribution in [0.15, 0.2) is 12.1 Å². The van der Waals surface area contributed by atoms with Gasteiger partial charge in [0.25, 0.3) is 0 Å². The van der Waals surface area contributed by atoms with Crippen LogP contribution in [0.25, 0.3) is 0 Å². The van der Waals surface area contributed by atoms with Gasteiger partial charge in [-0.15, -0.1) is 0 Å². The molecule has 0 saturated heterocycles. The van der Waals surface area contributed by atoms with Crippen LogP contribution >= 0.6 is 0 Å². The third kappa shape index (κ3) is 2.31. The Morgan fingerprint density at radius 3 is 2.38 bits per heavy atom. The van der Waals surface area contributed by atoms with Crippen LogP contribution in [-0.4, -0.2) is 6.54 Å². The first kappa shape index (κ1) is 10.3. The molecule has 0 saturated carbocycles. The van der Waals surface area contributed by atoms with Crippen LogP contribution in [0.2, 0.25) is 0 Å². The zero-order chi connectivity index (χ0) is 9.84. The minimum Gasteiger partial charge on any atom is -0.330 e. The Morgan fingerprint density at radius 1 is 1.08 bits per heavy atom. The minimum atomic E-state index is 0.784. The molecule has 13 heavy (non-hydrogen) atoms. The highest BCUT2D eigenvalue weighted by molar-refractivity contribution is 5.38. The van der Waals surface area contributed by atoms with Crippen molar-refractivity contribution in [3.05, 3.63) is 34.4 Å². The Morgan fingerprint density at radius 2 is 1.77 bits per heavy atom. The van der Waals surface area contributed by atoms with Crippen molar-refractivity contribution in [2.75, 3.05) is 6.54 Å². The van der Waals surface area contributed by atoms with E-state index in [-0.39, 0.29) is 0 Å². The van der Waals surface area contributed by atoms with Gasteiger partial charge >= 0.3 is 0 Å². The average molecular weight is 177 g/mol. The van der Waals surface area contributed by atoms with Crippen LogP contribution < -0.4 is 5.73 Å². The molecule has 0 unspecified atom stereocenters. The van der Waals surface area contributed by atoms with E-state index in [4.69, 9.17) is 5.73 Å². The van der Waals surface area contributed by atoms with Crippen LogP contribution in [0.4, 0.5) is 0 Å². The maximum atomic E-state index is 5.49. The molecule has 0 fully saturated rings. The van der Waals surface area contributed by atoms with Crippen LogP contribution in [0.5, 0.6) is 0 Å². The molecule has 2 N–H and O–H groups in total. The molecule has 0 aliphatic rings. The standard InChI is InChI=1S/C12H19N/c1-9-6-7-12(5-4-8-13)11(3)10(9)2/h6-7H,4-5,8,13H2,1-3H3. The lowest BCUT2D eigenvalue weighted by Gasteiger charge is -2.10. The molecule has 0 bridgehead atoms. The van der Waals surface area contributed by atoms with E-state index in [9.17, 15) is 0 Å². The number of nitrogens with two attached hydrogens (primary N) is 1. The normalized spacial score (nSPS) is 10.5. The summed E-state index contributed by atoms with van der Waals surface area (Å²) in [5.74, 6) is 0. The fraction of sp³-hybridized carbons (Fsp3) is 0.500. The van der Waals surface area contributed by atoms with Crippen LogP contribution in [0.3, 0.4) is 0 Å². The molecular formula is C12H19N. The Labute approximate surface area is 81.0 Å². The van der Waals surface area contributed by atoms with Gasteiger partial charge in [-0.1, -0.05) is 12.1 Å². The lowest BCUT2D eigenvalue weighted by atomic mass is 9.96. The Kier molecular flexibility index (Phi) is 3.49. The summed E-state index contributed by atoms with van der Waals surface area (Å²) in [5.41, 5.74) is 11.2. The number of hydrogen-bond acceptors (Lipinski definition) is 1. The third-order valence-corrected chi connectivity index (χ3v) is 2.82. The second-order valence-electron chi connectivity index (χ2n) is 3.68. The monoisotopic (exact) mass is 177 g/mol. The van der Waals surface area contributed by atoms with Gasteiger partial charge in [-0.2, -0.15) is 0 Å². The lowest BCUT2D eigenvalue weighted by Crippen LogP contribution is -2.02. The lowest BCUT2D eigenvalue weighted by molar-refractivity contribution is 0.826. The largest absolute Gasteiger partial charge is 0.330 e. The quantitative estimate of drug-likeness (QED) is 0.754. The van der Waals surface area contributed by atoms with Crippen molar-refractivity contribution < 1.29 is 0 Å². The summed E-state index contributed by atoms with van der Waals surface area (Å²) in [6.45, 7) is 7.34. The zero-order valence-electron chi connectivity index (χ0n) is 8.85. The van der Waals surface area contributed by atoms with E-state index in [1.54, 1.807) is 0 Å². The van der Waals surface area contributed by atoms with E-state index >= 15 is 0 Å². The Bertz CT molecular complexity index is 289. The molecule has 0 radical (unpaired) electrons. The second kappa shape index (κ2) is 4.43. The van der Waals surface area contributed by atoms with Gasteiger partial charge in [-0.25, -0.2) is 0 Å². The molecule has 72 valence electrons. The number of benzene rings is 1. The van der Waals surface area contributed by atoms with Gasteiger partial charge in [0, 0.05) is 0 Å². The predicted octanol–water partition coefficient (Wildman–Crippen LogP) is 2.50. The first-order chi connectivity index (χ1) is 6.16. The van der Waals surface area contributed by atoms with Gasteiger partial charge < -0.3 is 5.73 Å². The molecule has 1 rings (SSSR count). The smallest absolute Gasteiger partial charge is 0.00741 e. The summed E-state index contributed by atoms with van der Waals surface area (Å²) in [6, 6.07) is 4.43. The molecule has 0 heterocycles. The minimum absolute atomic E-state index is 0.784. The summed E-state index contributed by atoms with van der Waals surface area (Å²) in [7, 11) is 0. The molecule has 1 aromatic rings. The molecule has 0 aromatic heterocycles. The van der Waals surface area contributed by atoms with Crippen molar-refractivity contribution in [2.24, 2.45) is 5.73 Å². The molecule has 0 aliphatic carbocycles. The molecule has 1 heteroatoms. The molecule has 1 aromatic carbocycles. The summed E-state index contributed by atoms with van der Waals surface area (Å²) in [6.07, 6.45) is 2.20. The van der Waals surface area contributed by atoms with Crippen molar-refractivity contribution in [3.63, 3.8) is 0 Å². The van der Waals surface area contributed by atoms with Gasteiger partial charge in [-0.3, -0.25) is 0 Å². The van der Waals surface area contributed by atoms with E-state index < -0.39 is 0 Å². The molecular weight excluding hydrogens is 158 g/mol. The van der Waals surface area contributed by atoms with E-state index in [1.807, 2.05) is 0 Å². The summed E-state index contributed by atoms with van der Waals surface area (Å²) >= 11 is 0. The van der Waals surface area contributed by atoms with Crippen LogP contribution in [0, 0.1) is 20.8 Å². The first-order valence-electron chi connectivity index (χ1n) is 4.92. The van der Waals surface area contributed by atoms with Crippen molar-refractivity contribution in [2.45, 2.75) is 33.6 Å². The molecule has 0 spiro atoms. The average Bonchev–Trinajstić information content (AvgIpc) is 2.13.